The van der Waals surface area contributed by atoms with Gasteiger partial charge in [-0.3, -0.25) is 5.32 Å². The molecule has 0 heterocycles. The molecule has 1 aromatic rings. The Morgan fingerprint density at radius 3 is 2.29 bits per heavy atom. The minimum atomic E-state index is -0.557. The number of aliphatic hydroxyl groups is 1. The van der Waals surface area contributed by atoms with Crippen LogP contribution in [0.3, 0.4) is 0 Å². The highest BCUT2D eigenvalue weighted by molar-refractivity contribution is 5.26. The third kappa shape index (κ3) is 6.44. The number of aryl methyl sites for hydroxylation is 1. The SMILES string of the molecule is CCC1=C(N)C(C(O)N[C@H](C(C)C)[C@@H](C)C2CCC(c3ccc(C)cc3)C(C)(C)C2)CCC1.O. The molecule has 34 heavy (non-hydrogen) atoms. The Kier molecular flexibility index (Phi) is 10.2. The lowest BCUT2D eigenvalue weighted by Gasteiger charge is -2.47. The molecule has 0 aliphatic heterocycles. The highest BCUT2D eigenvalue weighted by atomic mass is 16.3. The number of hydrogen-bond donors (Lipinski definition) is 3. The van der Waals surface area contributed by atoms with Gasteiger partial charge in [-0.2, -0.15) is 0 Å². The van der Waals surface area contributed by atoms with Crippen molar-refractivity contribution in [2.24, 2.45) is 34.8 Å². The van der Waals surface area contributed by atoms with E-state index in [0.29, 0.717) is 23.7 Å². The van der Waals surface area contributed by atoms with Gasteiger partial charge < -0.3 is 16.3 Å². The Morgan fingerprint density at radius 2 is 1.74 bits per heavy atom. The van der Waals surface area contributed by atoms with Crippen molar-refractivity contribution in [2.45, 2.75) is 112 Å². The smallest absolute Gasteiger partial charge is 0.113 e. The highest BCUT2D eigenvalue weighted by Gasteiger charge is 2.41. The molecule has 6 N–H and O–H groups in total. The normalized spacial score (nSPS) is 27.7. The first-order valence-corrected chi connectivity index (χ1v) is 13.5. The van der Waals surface area contributed by atoms with Gasteiger partial charge in [-0.25, -0.2) is 0 Å². The molecule has 6 atom stereocenters. The minimum Gasteiger partial charge on any atom is -0.412 e. The average Bonchev–Trinajstić information content (AvgIpc) is 2.77. The van der Waals surface area contributed by atoms with E-state index < -0.39 is 6.23 Å². The van der Waals surface area contributed by atoms with Crippen molar-refractivity contribution in [2.75, 3.05) is 0 Å². The standard InChI is InChI=1S/C30H50N2O.H2O/c1-8-22-10-9-11-25(27(22)31)29(33)32-28(19(2)3)21(5)24-16-17-26(30(6,7)18-24)23-14-12-20(4)13-15-23;/h12-15,19,21,24-26,28-29,32-33H,8-11,16-18,31H2,1-7H3;1H2/t21-,24?,25?,26?,28+,29?;/m0./s1. The van der Waals surface area contributed by atoms with E-state index in [9.17, 15) is 5.11 Å². The molecule has 1 saturated carbocycles. The van der Waals surface area contributed by atoms with Crippen LogP contribution >= 0.6 is 0 Å². The Bertz CT molecular complexity index is 799. The molecule has 4 nitrogen and oxygen atoms in total. The van der Waals surface area contributed by atoms with Gasteiger partial charge in [-0.1, -0.05) is 76.9 Å². The van der Waals surface area contributed by atoms with Gasteiger partial charge in [0.05, 0.1) is 0 Å². The van der Waals surface area contributed by atoms with Crippen LogP contribution in [0.5, 0.6) is 0 Å². The molecule has 0 amide bonds. The zero-order valence-electron chi connectivity index (χ0n) is 22.8. The number of rotatable bonds is 8. The van der Waals surface area contributed by atoms with Gasteiger partial charge in [-0.05, 0) is 86.5 Å². The zero-order valence-corrected chi connectivity index (χ0v) is 22.8. The predicted octanol–water partition coefficient (Wildman–Crippen LogP) is 6.07. The maximum absolute atomic E-state index is 11.2. The topological polar surface area (TPSA) is 89.8 Å². The molecule has 1 aromatic carbocycles. The number of nitrogens with one attached hydrogen (secondary N) is 1. The molecule has 0 spiro atoms. The fraction of sp³-hybridized carbons (Fsp3) is 0.733. The summed E-state index contributed by atoms with van der Waals surface area (Å²) in [5.41, 5.74) is 11.9. The number of hydrogen-bond acceptors (Lipinski definition) is 3. The quantitative estimate of drug-likeness (QED) is 0.401. The molecule has 2 aliphatic rings. The number of benzene rings is 1. The summed E-state index contributed by atoms with van der Waals surface area (Å²) in [7, 11) is 0. The molecule has 1 fully saturated rings. The number of allylic oxidation sites excluding steroid dienone is 1. The summed E-state index contributed by atoms with van der Waals surface area (Å²) in [5.74, 6) is 2.32. The number of aliphatic hydroxyl groups excluding tert-OH is 1. The van der Waals surface area contributed by atoms with Crippen LogP contribution in [-0.2, 0) is 0 Å². The molecule has 0 radical (unpaired) electrons. The van der Waals surface area contributed by atoms with Crippen molar-refractivity contribution in [3.8, 4) is 0 Å². The summed E-state index contributed by atoms with van der Waals surface area (Å²) in [6.45, 7) is 16.3. The molecular weight excluding hydrogens is 420 g/mol. The lowest BCUT2D eigenvalue weighted by atomic mass is 9.59. The summed E-state index contributed by atoms with van der Waals surface area (Å²) < 4.78 is 0. The van der Waals surface area contributed by atoms with E-state index in [1.54, 1.807) is 0 Å². The van der Waals surface area contributed by atoms with Crippen LogP contribution in [0.15, 0.2) is 35.5 Å². The van der Waals surface area contributed by atoms with Gasteiger partial charge in [0.2, 0.25) is 0 Å². The minimum absolute atomic E-state index is 0. The van der Waals surface area contributed by atoms with Gasteiger partial charge in [0, 0.05) is 17.7 Å². The molecule has 194 valence electrons. The third-order valence-corrected chi connectivity index (χ3v) is 9.04. The van der Waals surface area contributed by atoms with Crippen molar-refractivity contribution >= 4 is 0 Å². The molecule has 4 unspecified atom stereocenters. The lowest BCUT2D eigenvalue weighted by Crippen LogP contribution is -2.52. The van der Waals surface area contributed by atoms with Crippen molar-refractivity contribution in [1.82, 2.24) is 5.32 Å². The van der Waals surface area contributed by atoms with Crippen molar-refractivity contribution in [3.05, 3.63) is 46.7 Å². The van der Waals surface area contributed by atoms with Crippen LogP contribution in [0.2, 0.25) is 0 Å². The second-order valence-corrected chi connectivity index (χ2v) is 12.1. The van der Waals surface area contributed by atoms with Crippen LogP contribution in [-0.4, -0.2) is 22.9 Å². The molecule has 0 saturated heterocycles. The fourth-order valence-electron chi connectivity index (χ4n) is 6.92. The van der Waals surface area contributed by atoms with Gasteiger partial charge in [-0.15, -0.1) is 0 Å². The Morgan fingerprint density at radius 1 is 1.09 bits per heavy atom. The molecule has 0 aromatic heterocycles. The van der Waals surface area contributed by atoms with Gasteiger partial charge in [0.25, 0.3) is 0 Å². The Labute approximate surface area is 209 Å². The molecule has 0 bridgehead atoms. The van der Waals surface area contributed by atoms with E-state index >= 15 is 0 Å². The maximum Gasteiger partial charge on any atom is 0.113 e. The summed E-state index contributed by atoms with van der Waals surface area (Å²) in [5, 5.41) is 14.9. The van der Waals surface area contributed by atoms with Crippen LogP contribution < -0.4 is 11.1 Å². The first kappa shape index (κ1) is 28.9. The third-order valence-electron chi connectivity index (χ3n) is 9.04. The zero-order chi connectivity index (χ0) is 24.3. The Balaban J connectivity index is 0.00000408. The summed E-state index contributed by atoms with van der Waals surface area (Å²) in [4.78, 5) is 0. The molecule has 4 heteroatoms. The van der Waals surface area contributed by atoms with E-state index in [0.717, 1.165) is 31.4 Å². The largest absolute Gasteiger partial charge is 0.412 e. The van der Waals surface area contributed by atoms with Crippen molar-refractivity contribution < 1.29 is 10.6 Å². The monoisotopic (exact) mass is 472 g/mol. The van der Waals surface area contributed by atoms with Gasteiger partial charge >= 0.3 is 0 Å². The molecular formula is C30H52N2O2. The highest BCUT2D eigenvalue weighted by Crippen LogP contribution is 2.51. The summed E-state index contributed by atoms with van der Waals surface area (Å²) in [6, 6.07) is 9.49. The van der Waals surface area contributed by atoms with E-state index in [4.69, 9.17) is 5.73 Å². The van der Waals surface area contributed by atoms with E-state index in [1.165, 1.54) is 36.0 Å². The molecule has 3 rings (SSSR count). The van der Waals surface area contributed by atoms with E-state index in [2.05, 4.69) is 78.0 Å². The first-order chi connectivity index (χ1) is 15.5. The van der Waals surface area contributed by atoms with Crippen molar-refractivity contribution in [3.63, 3.8) is 0 Å². The van der Waals surface area contributed by atoms with Gasteiger partial charge in [0.15, 0.2) is 0 Å². The van der Waals surface area contributed by atoms with Crippen LogP contribution in [0, 0.1) is 36.0 Å². The van der Waals surface area contributed by atoms with Crippen molar-refractivity contribution in [1.29, 1.82) is 0 Å². The van der Waals surface area contributed by atoms with E-state index in [-0.39, 0.29) is 22.9 Å². The second kappa shape index (κ2) is 12.1. The van der Waals surface area contributed by atoms with Crippen LogP contribution in [0.25, 0.3) is 0 Å². The number of nitrogens with two attached hydrogens (primary N) is 1. The fourth-order valence-corrected chi connectivity index (χ4v) is 6.92. The van der Waals surface area contributed by atoms with Crippen LogP contribution in [0.1, 0.15) is 104 Å². The summed E-state index contributed by atoms with van der Waals surface area (Å²) in [6.07, 6.45) is 7.39. The van der Waals surface area contributed by atoms with E-state index in [1.807, 2.05) is 0 Å². The first-order valence-electron chi connectivity index (χ1n) is 13.5. The maximum atomic E-state index is 11.2. The second-order valence-electron chi connectivity index (χ2n) is 12.1. The Hall–Kier alpha value is -1.36. The average molecular weight is 473 g/mol. The predicted molar refractivity (Wildman–Crippen MR) is 144 cm³/mol. The van der Waals surface area contributed by atoms with Crippen LogP contribution in [0.4, 0.5) is 0 Å². The summed E-state index contributed by atoms with van der Waals surface area (Å²) >= 11 is 0. The van der Waals surface area contributed by atoms with Gasteiger partial charge in [0.1, 0.15) is 6.23 Å². The lowest BCUT2D eigenvalue weighted by molar-refractivity contribution is 0.0295. The molecule has 2 aliphatic carbocycles.